The number of halogens is 2. The first-order chi connectivity index (χ1) is 7.78. The van der Waals surface area contributed by atoms with Gasteiger partial charge in [0.25, 0.3) is 6.08 Å². The minimum absolute atomic E-state index is 0.126. The highest BCUT2D eigenvalue weighted by Gasteiger charge is 2.26. The van der Waals surface area contributed by atoms with Crippen LogP contribution in [0, 0.1) is 5.92 Å². The van der Waals surface area contributed by atoms with Crippen molar-refractivity contribution in [3.8, 4) is 0 Å². The second-order valence-corrected chi connectivity index (χ2v) is 5.26. The molecule has 0 aromatic heterocycles. The van der Waals surface area contributed by atoms with E-state index in [0.29, 0.717) is 25.9 Å². The zero-order valence-corrected chi connectivity index (χ0v) is 10.5. The average molecular weight is 247 g/mol. The minimum Gasteiger partial charge on any atom is -0.444 e. The summed E-state index contributed by atoms with van der Waals surface area (Å²) in [5.74, 6) is -0.126. The van der Waals surface area contributed by atoms with Crippen LogP contribution in [-0.4, -0.2) is 29.7 Å². The van der Waals surface area contributed by atoms with Crippen LogP contribution >= 0.6 is 0 Å². The molecule has 0 N–H and O–H groups in total. The van der Waals surface area contributed by atoms with Gasteiger partial charge in [-0.2, -0.15) is 8.78 Å². The van der Waals surface area contributed by atoms with Gasteiger partial charge < -0.3 is 9.64 Å². The quantitative estimate of drug-likeness (QED) is 0.710. The fourth-order valence-corrected chi connectivity index (χ4v) is 1.75. The summed E-state index contributed by atoms with van der Waals surface area (Å²) in [6.07, 6.45) is 0.112. The minimum atomic E-state index is -1.64. The summed E-state index contributed by atoms with van der Waals surface area (Å²) in [5, 5.41) is 0. The highest BCUT2D eigenvalue weighted by Crippen LogP contribution is 2.22. The van der Waals surface area contributed by atoms with Crippen molar-refractivity contribution in [2.75, 3.05) is 13.1 Å². The Balaban J connectivity index is 2.42. The number of allylic oxidation sites excluding steroid dienone is 1. The van der Waals surface area contributed by atoms with Gasteiger partial charge in [-0.15, -0.1) is 0 Å². The summed E-state index contributed by atoms with van der Waals surface area (Å²) in [5.41, 5.74) is -0.515. The third-order valence-corrected chi connectivity index (χ3v) is 2.55. The molecule has 17 heavy (non-hydrogen) atoms. The fourth-order valence-electron chi connectivity index (χ4n) is 1.75. The number of carbonyl (C=O) groups is 1. The smallest absolute Gasteiger partial charge is 0.410 e. The van der Waals surface area contributed by atoms with Gasteiger partial charge in [-0.25, -0.2) is 4.79 Å². The molecular formula is C12H19F2NO2. The highest BCUT2D eigenvalue weighted by molar-refractivity contribution is 5.68. The topological polar surface area (TPSA) is 29.5 Å². The number of amides is 1. The molecule has 1 aliphatic heterocycles. The molecular weight excluding hydrogens is 228 g/mol. The predicted molar refractivity (Wildman–Crippen MR) is 60.8 cm³/mol. The fraction of sp³-hybridized carbons (Fsp3) is 0.750. The summed E-state index contributed by atoms with van der Waals surface area (Å²) in [7, 11) is 0. The molecule has 5 heteroatoms. The number of nitrogens with zero attached hydrogens (tertiary/aromatic N) is 1. The van der Waals surface area contributed by atoms with Crippen molar-refractivity contribution < 1.29 is 18.3 Å². The summed E-state index contributed by atoms with van der Waals surface area (Å²) in [6, 6.07) is 0. The first kappa shape index (κ1) is 13.9. The standard InChI is InChI=1S/C12H19F2NO2/c1-12(2,3)17-11(16)15-6-4-9(5-7-15)8-10(13)14/h8-9H,4-7H2,1-3H3. The van der Waals surface area contributed by atoms with Gasteiger partial charge in [-0.05, 0) is 45.6 Å². The van der Waals surface area contributed by atoms with E-state index in [1.807, 2.05) is 0 Å². The number of piperidine rings is 1. The first-order valence-electron chi connectivity index (χ1n) is 5.78. The SMILES string of the molecule is CC(C)(C)OC(=O)N1CCC(C=C(F)F)CC1. The van der Waals surface area contributed by atoms with Gasteiger partial charge >= 0.3 is 6.09 Å². The Morgan fingerprint density at radius 1 is 1.29 bits per heavy atom. The molecule has 1 fully saturated rings. The van der Waals surface area contributed by atoms with Crippen molar-refractivity contribution in [3.05, 3.63) is 12.2 Å². The van der Waals surface area contributed by atoms with E-state index in [-0.39, 0.29) is 12.0 Å². The van der Waals surface area contributed by atoms with Gasteiger partial charge in [-0.3, -0.25) is 0 Å². The summed E-state index contributed by atoms with van der Waals surface area (Å²) >= 11 is 0. The largest absolute Gasteiger partial charge is 0.444 e. The van der Waals surface area contributed by atoms with Gasteiger partial charge in [-0.1, -0.05) is 0 Å². The second-order valence-electron chi connectivity index (χ2n) is 5.26. The zero-order chi connectivity index (χ0) is 13.1. The third kappa shape index (κ3) is 5.15. The molecule has 1 rings (SSSR count). The lowest BCUT2D eigenvalue weighted by atomic mass is 9.97. The predicted octanol–water partition coefficient (Wildman–Crippen LogP) is 3.41. The molecule has 1 saturated heterocycles. The average Bonchev–Trinajstić information content (AvgIpc) is 2.15. The monoisotopic (exact) mass is 247 g/mol. The lowest BCUT2D eigenvalue weighted by Crippen LogP contribution is -2.41. The maximum absolute atomic E-state index is 12.1. The Labute approximate surface area is 100 Å². The maximum Gasteiger partial charge on any atom is 0.410 e. The normalized spacial score (nSPS) is 17.8. The van der Waals surface area contributed by atoms with Crippen molar-refractivity contribution in [2.24, 2.45) is 5.92 Å². The number of rotatable bonds is 1. The van der Waals surface area contributed by atoms with Gasteiger partial charge in [0.05, 0.1) is 0 Å². The molecule has 1 heterocycles. The van der Waals surface area contributed by atoms with Crippen LogP contribution in [0.5, 0.6) is 0 Å². The molecule has 1 aliphatic rings. The van der Waals surface area contributed by atoms with Crippen LogP contribution in [0.2, 0.25) is 0 Å². The van der Waals surface area contributed by atoms with Crippen LogP contribution in [0.15, 0.2) is 12.2 Å². The highest BCUT2D eigenvalue weighted by atomic mass is 19.3. The molecule has 0 bridgehead atoms. The lowest BCUT2D eigenvalue weighted by molar-refractivity contribution is 0.0197. The Morgan fingerprint density at radius 2 is 1.82 bits per heavy atom. The summed E-state index contributed by atoms with van der Waals surface area (Å²) in [4.78, 5) is 13.3. The van der Waals surface area contributed by atoms with E-state index in [0.717, 1.165) is 6.08 Å². The number of carbonyl (C=O) groups excluding carboxylic acids is 1. The van der Waals surface area contributed by atoms with Gasteiger partial charge in [0.15, 0.2) is 0 Å². The van der Waals surface area contributed by atoms with E-state index in [1.165, 1.54) is 0 Å². The van der Waals surface area contributed by atoms with Crippen LogP contribution in [0.1, 0.15) is 33.6 Å². The Morgan fingerprint density at radius 3 is 2.24 bits per heavy atom. The lowest BCUT2D eigenvalue weighted by Gasteiger charge is -2.32. The molecule has 0 saturated carbocycles. The molecule has 0 aromatic carbocycles. The van der Waals surface area contributed by atoms with Crippen molar-refractivity contribution >= 4 is 6.09 Å². The molecule has 0 radical (unpaired) electrons. The Kier molecular flexibility index (Phi) is 4.48. The first-order valence-corrected chi connectivity index (χ1v) is 5.78. The summed E-state index contributed by atoms with van der Waals surface area (Å²) in [6.45, 7) is 6.36. The number of hydrogen-bond donors (Lipinski definition) is 0. The van der Waals surface area contributed by atoms with E-state index in [9.17, 15) is 13.6 Å². The number of hydrogen-bond acceptors (Lipinski definition) is 2. The Hall–Kier alpha value is -1.13. The maximum atomic E-state index is 12.1. The van der Waals surface area contributed by atoms with Gasteiger partial charge in [0, 0.05) is 13.1 Å². The molecule has 0 atom stereocenters. The van der Waals surface area contributed by atoms with Crippen molar-refractivity contribution in [1.82, 2.24) is 4.90 Å². The molecule has 0 spiro atoms. The Bertz CT molecular complexity index is 298. The molecule has 1 amide bonds. The van der Waals surface area contributed by atoms with Crippen LogP contribution in [-0.2, 0) is 4.74 Å². The van der Waals surface area contributed by atoms with Crippen molar-refractivity contribution in [2.45, 2.75) is 39.2 Å². The van der Waals surface area contributed by atoms with Crippen LogP contribution in [0.3, 0.4) is 0 Å². The zero-order valence-electron chi connectivity index (χ0n) is 10.5. The van der Waals surface area contributed by atoms with Crippen molar-refractivity contribution in [1.29, 1.82) is 0 Å². The molecule has 3 nitrogen and oxygen atoms in total. The van der Waals surface area contributed by atoms with Crippen LogP contribution in [0.4, 0.5) is 13.6 Å². The van der Waals surface area contributed by atoms with E-state index in [1.54, 1.807) is 25.7 Å². The van der Waals surface area contributed by atoms with E-state index in [2.05, 4.69) is 0 Å². The molecule has 98 valence electrons. The molecule has 0 aliphatic carbocycles. The van der Waals surface area contributed by atoms with Gasteiger partial charge in [0.1, 0.15) is 5.60 Å². The van der Waals surface area contributed by atoms with E-state index in [4.69, 9.17) is 4.74 Å². The van der Waals surface area contributed by atoms with Crippen molar-refractivity contribution in [3.63, 3.8) is 0 Å². The van der Waals surface area contributed by atoms with Crippen LogP contribution < -0.4 is 0 Å². The second kappa shape index (κ2) is 5.47. The van der Waals surface area contributed by atoms with E-state index < -0.39 is 11.7 Å². The molecule has 0 unspecified atom stereocenters. The molecule has 0 aromatic rings. The van der Waals surface area contributed by atoms with E-state index >= 15 is 0 Å². The third-order valence-electron chi connectivity index (χ3n) is 2.55. The van der Waals surface area contributed by atoms with Crippen LogP contribution in [0.25, 0.3) is 0 Å². The summed E-state index contributed by atoms with van der Waals surface area (Å²) < 4.78 is 29.3. The number of likely N-dealkylation sites (tertiary alicyclic amines) is 1. The number of ether oxygens (including phenoxy) is 1. The van der Waals surface area contributed by atoms with Gasteiger partial charge in [0.2, 0.25) is 0 Å².